The fourth-order valence-electron chi connectivity index (χ4n) is 3.45. The van der Waals surface area contributed by atoms with Crippen molar-refractivity contribution >= 4 is 17.3 Å². The van der Waals surface area contributed by atoms with E-state index in [1.54, 1.807) is 13.1 Å². The average molecular weight is 389 g/mol. The first-order valence-electron chi connectivity index (χ1n) is 9.67. The van der Waals surface area contributed by atoms with E-state index in [1.807, 2.05) is 23.5 Å². The highest BCUT2D eigenvalue weighted by Gasteiger charge is 2.19. The van der Waals surface area contributed by atoms with Crippen LogP contribution in [0.25, 0.3) is 0 Å². The molecule has 1 saturated heterocycles. The molecule has 3 rings (SSSR count). The summed E-state index contributed by atoms with van der Waals surface area (Å²) in [4.78, 5) is 8.28. The number of hydrogen-bond acceptors (Lipinski definition) is 3. The Bertz CT molecular complexity index is 709. The van der Waals surface area contributed by atoms with Gasteiger partial charge in [-0.3, -0.25) is 9.89 Å². The van der Waals surface area contributed by atoms with Crippen LogP contribution in [0.3, 0.4) is 0 Å². The maximum absolute atomic E-state index is 13.7. The molecule has 0 radical (unpaired) electrons. The Morgan fingerprint density at radius 1 is 1.19 bits per heavy atom. The van der Waals surface area contributed by atoms with Crippen LogP contribution >= 0.6 is 11.3 Å². The Kier molecular flexibility index (Phi) is 7.66. The first-order chi connectivity index (χ1) is 13.2. The molecule has 0 amide bonds. The lowest BCUT2D eigenvalue weighted by Gasteiger charge is -2.32. The predicted molar refractivity (Wildman–Crippen MR) is 112 cm³/mol. The minimum atomic E-state index is -0.142. The number of likely N-dealkylation sites (tertiary alicyclic amines) is 1. The van der Waals surface area contributed by atoms with Crippen molar-refractivity contribution in [3.63, 3.8) is 0 Å². The summed E-state index contributed by atoms with van der Waals surface area (Å²) in [6.45, 7) is 5.00. The molecule has 146 valence electrons. The molecule has 1 aliphatic heterocycles. The number of thiophene rings is 1. The SMILES string of the molecule is CN=C(NCCc1ccccc1F)NCC1CCN(Cc2cccs2)CC1. The van der Waals surface area contributed by atoms with Gasteiger partial charge in [0.15, 0.2) is 5.96 Å². The van der Waals surface area contributed by atoms with E-state index < -0.39 is 0 Å². The molecule has 1 aromatic carbocycles. The highest BCUT2D eigenvalue weighted by atomic mass is 32.1. The van der Waals surface area contributed by atoms with Crippen LogP contribution < -0.4 is 10.6 Å². The molecule has 2 heterocycles. The number of hydrogen-bond donors (Lipinski definition) is 2. The van der Waals surface area contributed by atoms with E-state index in [0.717, 1.165) is 37.7 Å². The second-order valence-corrected chi connectivity index (χ2v) is 8.05. The molecule has 2 aromatic rings. The molecule has 2 N–H and O–H groups in total. The van der Waals surface area contributed by atoms with Gasteiger partial charge in [0.1, 0.15) is 5.82 Å². The monoisotopic (exact) mass is 388 g/mol. The second-order valence-electron chi connectivity index (χ2n) is 7.02. The average Bonchev–Trinajstić information content (AvgIpc) is 3.20. The number of nitrogens with zero attached hydrogens (tertiary/aromatic N) is 2. The van der Waals surface area contributed by atoms with Gasteiger partial charge in [-0.1, -0.05) is 24.3 Å². The van der Waals surface area contributed by atoms with Crippen LogP contribution in [0.4, 0.5) is 4.39 Å². The van der Waals surface area contributed by atoms with Gasteiger partial charge in [-0.15, -0.1) is 11.3 Å². The molecular formula is C21H29FN4S. The largest absolute Gasteiger partial charge is 0.356 e. The van der Waals surface area contributed by atoms with Gasteiger partial charge in [-0.05, 0) is 61.3 Å². The Labute approximate surface area is 165 Å². The molecule has 6 heteroatoms. The molecular weight excluding hydrogens is 359 g/mol. The van der Waals surface area contributed by atoms with Crippen molar-refractivity contribution in [3.05, 3.63) is 58.0 Å². The Balaban J connectivity index is 1.33. The lowest BCUT2D eigenvalue weighted by atomic mass is 9.97. The van der Waals surface area contributed by atoms with E-state index in [9.17, 15) is 4.39 Å². The maximum atomic E-state index is 13.7. The minimum Gasteiger partial charge on any atom is -0.356 e. The van der Waals surface area contributed by atoms with Gasteiger partial charge in [0.2, 0.25) is 0 Å². The van der Waals surface area contributed by atoms with E-state index >= 15 is 0 Å². The molecule has 0 atom stereocenters. The van der Waals surface area contributed by atoms with Crippen molar-refractivity contribution in [2.24, 2.45) is 10.9 Å². The minimum absolute atomic E-state index is 0.142. The van der Waals surface area contributed by atoms with Crippen molar-refractivity contribution in [1.29, 1.82) is 0 Å². The van der Waals surface area contributed by atoms with Crippen LogP contribution in [0.5, 0.6) is 0 Å². The third-order valence-corrected chi connectivity index (χ3v) is 5.95. The number of rotatable bonds is 7. The summed E-state index contributed by atoms with van der Waals surface area (Å²) < 4.78 is 13.7. The summed E-state index contributed by atoms with van der Waals surface area (Å²) in [6, 6.07) is 11.3. The lowest BCUT2D eigenvalue weighted by molar-refractivity contribution is 0.179. The van der Waals surface area contributed by atoms with Crippen LogP contribution in [0.15, 0.2) is 46.8 Å². The smallest absolute Gasteiger partial charge is 0.190 e. The highest BCUT2D eigenvalue weighted by molar-refractivity contribution is 7.09. The van der Waals surface area contributed by atoms with E-state index in [-0.39, 0.29) is 5.82 Å². The van der Waals surface area contributed by atoms with Crippen molar-refractivity contribution in [2.45, 2.75) is 25.8 Å². The Hall–Kier alpha value is -1.92. The number of piperidine rings is 1. The zero-order chi connectivity index (χ0) is 18.9. The standard InChI is InChI=1S/C21H29FN4S/c1-23-21(24-11-8-18-5-2-3-7-20(18)22)25-15-17-9-12-26(13-10-17)16-19-6-4-14-27-19/h2-7,14,17H,8-13,15-16H2,1H3,(H2,23,24,25). The fraction of sp³-hybridized carbons (Fsp3) is 0.476. The number of benzene rings is 1. The zero-order valence-corrected chi connectivity index (χ0v) is 16.8. The third-order valence-electron chi connectivity index (χ3n) is 5.09. The van der Waals surface area contributed by atoms with Gasteiger partial charge in [0.25, 0.3) is 0 Å². The van der Waals surface area contributed by atoms with Crippen LogP contribution in [-0.2, 0) is 13.0 Å². The van der Waals surface area contributed by atoms with Gasteiger partial charge in [0.05, 0.1) is 0 Å². The van der Waals surface area contributed by atoms with Gasteiger partial charge >= 0.3 is 0 Å². The first kappa shape index (κ1) is 19.8. The molecule has 0 bridgehead atoms. The first-order valence-corrected chi connectivity index (χ1v) is 10.5. The summed E-state index contributed by atoms with van der Waals surface area (Å²) in [7, 11) is 1.78. The number of guanidine groups is 1. The summed E-state index contributed by atoms with van der Waals surface area (Å²) in [5, 5.41) is 8.87. The van der Waals surface area contributed by atoms with E-state index in [0.29, 0.717) is 18.9 Å². The summed E-state index contributed by atoms with van der Waals surface area (Å²) >= 11 is 1.84. The van der Waals surface area contributed by atoms with E-state index in [1.165, 1.54) is 23.8 Å². The van der Waals surface area contributed by atoms with Crippen LogP contribution in [0.1, 0.15) is 23.3 Å². The molecule has 1 aliphatic rings. The molecule has 1 aromatic heterocycles. The van der Waals surface area contributed by atoms with Crippen molar-refractivity contribution in [2.75, 3.05) is 33.2 Å². The van der Waals surface area contributed by atoms with Crippen LogP contribution in [0, 0.1) is 11.7 Å². The molecule has 4 nitrogen and oxygen atoms in total. The zero-order valence-electron chi connectivity index (χ0n) is 16.0. The third kappa shape index (κ3) is 6.33. The molecule has 0 aliphatic carbocycles. The number of aliphatic imine (C=N–C) groups is 1. The second kappa shape index (κ2) is 10.4. The van der Waals surface area contributed by atoms with Crippen LogP contribution in [-0.4, -0.2) is 44.1 Å². The van der Waals surface area contributed by atoms with E-state index in [2.05, 4.69) is 38.0 Å². The highest BCUT2D eigenvalue weighted by Crippen LogP contribution is 2.20. The Morgan fingerprint density at radius 3 is 2.70 bits per heavy atom. The summed E-state index contributed by atoms with van der Waals surface area (Å²) in [5.41, 5.74) is 0.735. The quantitative estimate of drug-likeness (QED) is 0.563. The molecule has 0 saturated carbocycles. The molecule has 0 spiro atoms. The summed E-state index contributed by atoms with van der Waals surface area (Å²) in [6.07, 6.45) is 3.07. The topological polar surface area (TPSA) is 39.7 Å². The molecule has 0 unspecified atom stereocenters. The van der Waals surface area contributed by atoms with Crippen molar-refractivity contribution < 1.29 is 4.39 Å². The van der Waals surface area contributed by atoms with Gasteiger partial charge in [0, 0.05) is 31.6 Å². The van der Waals surface area contributed by atoms with Crippen molar-refractivity contribution in [1.82, 2.24) is 15.5 Å². The van der Waals surface area contributed by atoms with Gasteiger partial charge in [-0.2, -0.15) is 0 Å². The normalized spacial score (nSPS) is 16.4. The Morgan fingerprint density at radius 2 is 2.00 bits per heavy atom. The molecule has 1 fully saturated rings. The summed E-state index contributed by atoms with van der Waals surface area (Å²) in [5.74, 6) is 1.33. The van der Waals surface area contributed by atoms with Crippen molar-refractivity contribution in [3.8, 4) is 0 Å². The van der Waals surface area contributed by atoms with Gasteiger partial charge in [-0.25, -0.2) is 4.39 Å². The number of nitrogens with one attached hydrogen (secondary N) is 2. The molecule has 27 heavy (non-hydrogen) atoms. The van der Waals surface area contributed by atoms with Crippen LogP contribution in [0.2, 0.25) is 0 Å². The van der Waals surface area contributed by atoms with E-state index in [4.69, 9.17) is 0 Å². The predicted octanol–water partition coefficient (Wildman–Crippen LogP) is 3.51. The van der Waals surface area contributed by atoms with Gasteiger partial charge < -0.3 is 10.6 Å². The maximum Gasteiger partial charge on any atom is 0.190 e. The fourth-order valence-corrected chi connectivity index (χ4v) is 4.20. The lowest BCUT2D eigenvalue weighted by Crippen LogP contribution is -2.43. The number of halogens is 1.